The Morgan fingerprint density at radius 3 is 2.76 bits per heavy atom. The summed E-state index contributed by atoms with van der Waals surface area (Å²) < 4.78 is 1.07. The first-order valence-corrected chi connectivity index (χ1v) is 12.9. The predicted molar refractivity (Wildman–Crippen MR) is 158 cm³/mol. The fourth-order valence-electron chi connectivity index (χ4n) is 4.14. The average Bonchev–Trinajstić information content (AvgIpc) is 3.33. The zero-order valence-electron chi connectivity index (χ0n) is 22.1. The van der Waals surface area contributed by atoms with Gasteiger partial charge in [-0.2, -0.15) is 0 Å². The van der Waals surface area contributed by atoms with Crippen molar-refractivity contribution in [3.05, 3.63) is 80.5 Å². The molecule has 0 spiro atoms. The molecule has 41 heavy (non-hydrogen) atoms. The number of halogens is 1. The van der Waals surface area contributed by atoms with Gasteiger partial charge in [0.2, 0.25) is 11.6 Å². The summed E-state index contributed by atoms with van der Waals surface area (Å²) in [4.78, 5) is 51.4. The van der Waals surface area contributed by atoms with Crippen LogP contribution in [0.25, 0.3) is 10.9 Å². The van der Waals surface area contributed by atoms with Crippen molar-refractivity contribution in [1.82, 2.24) is 15.0 Å². The third-order valence-electron chi connectivity index (χ3n) is 6.04. The lowest BCUT2D eigenvalue weighted by atomic mass is 10.1. The molecular formula is C27H25BrN9O4+. The van der Waals surface area contributed by atoms with Gasteiger partial charge in [0.25, 0.3) is 5.91 Å². The van der Waals surface area contributed by atoms with Gasteiger partial charge in [0.1, 0.15) is 24.5 Å². The van der Waals surface area contributed by atoms with Gasteiger partial charge >= 0.3 is 5.82 Å². The van der Waals surface area contributed by atoms with E-state index < -0.39 is 16.7 Å². The quantitative estimate of drug-likeness (QED) is 0.102. The Kier molecular flexibility index (Phi) is 8.51. The van der Waals surface area contributed by atoms with Gasteiger partial charge in [0.05, 0.1) is 44.3 Å². The van der Waals surface area contributed by atoms with Crippen molar-refractivity contribution in [2.24, 2.45) is 10.7 Å². The number of quaternary nitrogens is 1. The number of amides is 2. The molecule has 2 amide bonds. The summed E-state index contributed by atoms with van der Waals surface area (Å²) in [6, 6.07) is 7.14. The Morgan fingerprint density at radius 2 is 2.05 bits per heavy atom. The molecule has 0 aliphatic carbocycles. The van der Waals surface area contributed by atoms with Gasteiger partial charge in [-0.25, -0.2) is 15.0 Å². The number of hydrogen-bond acceptors (Lipinski definition) is 9. The number of likely N-dealkylation sites (N-methyl/N-ethyl adjacent to an activating group) is 1. The van der Waals surface area contributed by atoms with Crippen molar-refractivity contribution in [3.63, 3.8) is 0 Å². The lowest BCUT2D eigenvalue weighted by Crippen LogP contribution is -2.41. The number of nitrogens with two attached hydrogens (primary N) is 1. The minimum atomic E-state index is -0.788. The van der Waals surface area contributed by atoms with Crippen LogP contribution in [0.3, 0.4) is 0 Å². The summed E-state index contributed by atoms with van der Waals surface area (Å²) in [5.74, 6) is 1.85. The molecular weight excluding hydrogens is 594 g/mol. The van der Waals surface area contributed by atoms with Gasteiger partial charge in [-0.05, 0) is 56.2 Å². The van der Waals surface area contributed by atoms with E-state index in [0.29, 0.717) is 40.2 Å². The molecule has 3 aromatic rings. The number of nitrogens with zero attached hydrogens (tertiary/aromatic N) is 6. The van der Waals surface area contributed by atoms with Crippen molar-refractivity contribution in [3.8, 4) is 12.3 Å². The van der Waals surface area contributed by atoms with E-state index in [1.807, 2.05) is 26.2 Å². The Balaban J connectivity index is 1.42. The van der Waals surface area contributed by atoms with Crippen LogP contribution in [0, 0.1) is 22.5 Å². The van der Waals surface area contributed by atoms with Crippen LogP contribution >= 0.6 is 15.9 Å². The molecule has 4 rings (SSSR count). The zero-order chi connectivity index (χ0) is 29.7. The van der Waals surface area contributed by atoms with Crippen molar-refractivity contribution in [2.45, 2.75) is 6.42 Å². The van der Waals surface area contributed by atoms with E-state index in [1.165, 1.54) is 18.6 Å². The number of hydrogen-bond donors (Lipinski definition) is 3. The maximum Gasteiger partial charge on any atom is 0.369 e. The molecule has 0 unspecified atom stereocenters. The molecule has 0 saturated carbocycles. The first kappa shape index (κ1) is 29.0. The summed E-state index contributed by atoms with van der Waals surface area (Å²) in [6.07, 6.45) is 11.5. The molecule has 14 heteroatoms. The summed E-state index contributed by atoms with van der Waals surface area (Å²) in [5, 5.41) is 17.9. The number of rotatable bonds is 10. The van der Waals surface area contributed by atoms with E-state index in [2.05, 4.69) is 52.4 Å². The number of carbonyl (C=O) groups is 2. The second-order valence-electron chi connectivity index (χ2n) is 9.72. The lowest BCUT2D eigenvalue weighted by Gasteiger charge is -2.28. The van der Waals surface area contributed by atoms with Gasteiger partial charge < -0.3 is 31.0 Å². The number of nitrogens with one attached hydrogen (secondary N) is 2. The van der Waals surface area contributed by atoms with Crippen molar-refractivity contribution >= 4 is 61.7 Å². The number of pyridine rings is 1. The van der Waals surface area contributed by atoms with E-state index in [-0.39, 0.29) is 29.0 Å². The van der Waals surface area contributed by atoms with E-state index >= 15 is 0 Å². The molecule has 3 heterocycles. The highest BCUT2D eigenvalue weighted by atomic mass is 79.9. The maximum atomic E-state index is 12.6. The third-order valence-corrected chi connectivity index (χ3v) is 6.73. The van der Waals surface area contributed by atoms with Crippen LogP contribution < -0.4 is 16.4 Å². The summed E-state index contributed by atoms with van der Waals surface area (Å²) in [7, 11) is 3.68. The summed E-state index contributed by atoms with van der Waals surface area (Å²) in [6.45, 7) is 0.611. The highest BCUT2D eigenvalue weighted by molar-refractivity contribution is 9.10. The van der Waals surface area contributed by atoms with E-state index in [0.717, 1.165) is 10.2 Å². The van der Waals surface area contributed by atoms with E-state index in [9.17, 15) is 19.7 Å². The molecule has 13 nitrogen and oxygen atoms in total. The first-order valence-electron chi connectivity index (χ1n) is 12.1. The highest BCUT2D eigenvalue weighted by Gasteiger charge is 2.35. The van der Waals surface area contributed by atoms with Crippen LogP contribution in [0.5, 0.6) is 0 Å². The molecule has 1 aliphatic heterocycles. The molecule has 1 aliphatic rings. The van der Waals surface area contributed by atoms with Crippen LogP contribution in [-0.4, -0.2) is 69.1 Å². The summed E-state index contributed by atoms with van der Waals surface area (Å²) >= 11 is 3.41. The highest BCUT2D eigenvalue weighted by Crippen LogP contribution is 2.27. The van der Waals surface area contributed by atoms with Crippen LogP contribution in [0.15, 0.2) is 69.8 Å². The number of terminal acetylenes is 1. The Hall–Kier alpha value is -5.00. The largest absolute Gasteiger partial charge is 0.369 e. The fraction of sp³-hybridized carbons (Fsp3) is 0.185. The van der Waals surface area contributed by atoms with Gasteiger partial charge in [-0.1, -0.05) is 5.92 Å². The normalized spacial score (nSPS) is 13.3. The number of fused-ring (bicyclic) bond motifs is 1. The predicted octanol–water partition coefficient (Wildman–Crippen LogP) is 2.90. The van der Waals surface area contributed by atoms with Gasteiger partial charge in [0, 0.05) is 27.2 Å². The number of benzene rings is 1. The standard InChI is InChI=1S/C27H24BrN9O4/c1-4-16-10-18(7-8-20(16)28)33-26-19-12-23(30-13-22(19)31-15-32-26)35-24(38)6-5-9-37(2,3)14-17-11-21(25(29)39)34-27(17)36(40)41/h1,5-8,10,12-13,15H,9,11,14H2,2-3H3,(H3-,29,30,31,32,33,34,35,38,39)/p+1/b6-5+. The van der Waals surface area contributed by atoms with Gasteiger partial charge in [-0.15, -0.1) is 6.42 Å². The molecule has 0 saturated heterocycles. The van der Waals surface area contributed by atoms with Crippen LogP contribution in [0.2, 0.25) is 0 Å². The first-order chi connectivity index (χ1) is 19.5. The monoisotopic (exact) mass is 618 g/mol. The smallest absolute Gasteiger partial charge is 0.363 e. The SMILES string of the molecule is C#Cc1cc(Nc2ncnc3cnc(NC(=O)/C=C/C[N+](C)(C)CC4=C([N+](=O)[O-])N=C(C(N)=O)C4)cc23)ccc1Br. The van der Waals surface area contributed by atoms with Gasteiger partial charge in [-0.3, -0.25) is 9.59 Å². The molecule has 0 bridgehead atoms. The number of aromatic nitrogens is 3. The van der Waals surface area contributed by atoms with Crippen molar-refractivity contribution < 1.29 is 19.0 Å². The van der Waals surface area contributed by atoms with E-state index in [4.69, 9.17) is 12.2 Å². The molecule has 1 aromatic carbocycles. The lowest BCUT2D eigenvalue weighted by molar-refractivity contribution is -0.880. The average molecular weight is 619 g/mol. The van der Waals surface area contributed by atoms with Crippen LogP contribution in [0.1, 0.15) is 12.0 Å². The second-order valence-corrected chi connectivity index (χ2v) is 10.6. The second kappa shape index (κ2) is 12.0. The number of aliphatic imine (C=N–C) groups is 1. The minimum Gasteiger partial charge on any atom is -0.363 e. The number of primary amides is 1. The van der Waals surface area contributed by atoms with Crippen molar-refractivity contribution in [2.75, 3.05) is 37.8 Å². The molecule has 0 radical (unpaired) electrons. The van der Waals surface area contributed by atoms with Crippen LogP contribution in [0.4, 0.5) is 17.3 Å². The molecule has 2 aromatic heterocycles. The zero-order valence-corrected chi connectivity index (χ0v) is 23.7. The molecule has 4 N–H and O–H groups in total. The number of carbonyl (C=O) groups excluding carboxylic acids is 2. The fourth-order valence-corrected chi connectivity index (χ4v) is 4.50. The number of nitro groups is 1. The Bertz CT molecular complexity index is 1710. The Labute approximate surface area is 243 Å². The third kappa shape index (κ3) is 7.15. The minimum absolute atomic E-state index is 0.0264. The number of anilines is 3. The Morgan fingerprint density at radius 1 is 1.27 bits per heavy atom. The van der Waals surface area contributed by atoms with Gasteiger partial charge in [0.15, 0.2) is 0 Å². The maximum absolute atomic E-state index is 12.6. The topological polar surface area (TPSA) is 178 Å². The van der Waals surface area contributed by atoms with Crippen molar-refractivity contribution in [1.29, 1.82) is 0 Å². The van der Waals surface area contributed by atoms with E-state index in [1.54, 1.807) is 18.2 Å². The molecule has 0 atom stereocenters. The molecule has 0 fully saturated rings. The summed E-state index contributed by atoms with van der Waals surface area (Å²) in [5.41, 5.74) is 7.59. The molecule has 208 valence electrons. The van der Waals surface area contributed by atoms with Crippen LogP contribution in [-0.2, 0) is 9.59 Å².